The number of rotatable bonds is 5. The molecule has 0 saturated heterocycles. The Balaban J connectivity index is 0.00000141. The van der Waals surface area contributed by atoms with Crippen molar-refractivity contribution in [3.63, 3.8) is 0 Å². The lowest BCUT2D eigenvalue weighted by Gasteiger charge is -2.03. The number of amidine groups is 1. The summed E-state index contributed by atoms with van der Waals surface area (Å²) in [7, 11) is 0. The van der Waals surface area contributed by atoms with Crippen molar-refractivity contribution < 1.29 is 1.43 Å². The molecule has 0 amide bonds. The van der Waals surface area contributed by atoms with E-state index in [1.807, 2.05) is 50.2 Å². The average molecular weight is 284 g/mol. The van der Waals surface area contributed by atoms with E-state index in [2.05, 4.69) is 21.5 Å². The van der Waals surface area contributed by atoms with Gasteiger partial charge in [-0.1, -0.05) is 32.6 Å². The van der Waals surface area contributed by atoms with Gasteiger partial charge in [0.25, 0.3) is 0 Å². The van der Waals surface area contributed by atoms with E-state index in [9.17, 15) is 0 Å². The summed E-state index contributed by atoms with van der Waals surface area (Å²) in [5, 5.41) is 0. The normalized spacial score (nSPS) is 10.5. The van der Waals surface area contributed by atoms with Gasteiger partial charge in [0.15, 0.2) is 0 Å². The summed E-state index contributed by atoms with van der Waals surface area (Å²) >= 11 is 0. The fourth-order valence-electron chi connectivity index (χ4n) is 1.68. The number of aromatic nitrogens is 2. The zero-order valence-electron chi connectivity index (χ0n) is 12.7. The number of hydrogen-bond acceptors (Lipinski definition) is 3. The molecule has 0 aliphatic rings. The third-order valence-electron chi connectivity index (χ3n) is 2.50. The SMILES string of the molecule is C=C(Cc1ccccn1)N=C(N)Cc1ccccn1.CC.[HH]. The lowest BCUT2D eigenvalue weighted by atomic mass is 10.2. The predicted octanol–water partition coefficient (Wildman–Crippen LogP) is 3.40. The second-order valence-corrected chi connectivity index (χ2v) is 4.17. The molecule has 4 heteroatoms. The molecule has 0 aliphatic heterocycles. The first-order valence-corrected chi connectivity index (χ1v) is 7.04. The van der Waals surface area contributed by atoms with Crippen molar-refractivity contribution in [2.45, 2.75) is 26.7 Å². The second-order valence-electron chi connectivity index (χ2n) is 4.17. The second kappa shape index (κ2) is 9.42. The Hall–Kier alpha value is -2.49. The van der Waals surface area contributed by atoms with Gasteiger partial charge in [0, 0.05) is 43.7 Å². The molecular weight excluding hydrogens is 260 g/mol. The molecule has 21 heavy (non-hydrogen) atoms. The Morgan fingerprint density at radius 3 is 2.05 bits per heavy atom. The maximum absolute atomic E-state index is 5.89. The standard InChI is InChI=1S/C15H16N4.C2H6.H2/c1-12(10-13-6-2-4-8-17-13)19-15(16)11-14-7-3-5-9-18-14;1-2;/h2-9H,1,10-11H2,(H2,16,19);1-2H3;1H. The maximum Gasteiger partial charge on any atom is 0.105 e. The number of aliphatic imine (C=N–C) groups is 1. The molecule has 0 unspecified atom stereocenters. The highest BCUT2D eigenvalue weighted by Crippen LogP contribution is 2.05. The maximum atomic E-state index is 5.89. The van der Waals surface area contributed by atoms with Crippen molar-refractivity contribution in [1.82, 2.24) is 9.97 Å². The third kappa shape index (κ3) is 6.47. The van der Waals surface area contributed by atoms with Crippen LogP contribution in [0.3, 0.4) is 0 Å². The van der Waals surface area contributed by atoms with Crippen LogP contribution in [0.1, 0.15) is 26.7 Å². The molecular formula is C17H24N4. The molecule has 0 fully saturated rings. The van der Waals surface area contributed by atoms with Gasteiger partial charge in [-0.25, -0.2) is 4.99 Å². The summed E-state index contributed by atoms with van der Waals surface area (Å²) in [6.45, 7) is 7.90. The van der Waals surface area contributed by atoms with Crippen LogP contribution in [0.15, 0.2) is 66.1 Å². The van der Waals surface area contributed by atoms with Crippen molar-refractivity contribution in [3.8, 4) is 0 Å². The molecule has 2 aromatic heterocycles. The number of nitrogens with zero attached hydrogens (tertiary/aromatic N) is 3. The summed E-state index contributed by atoms with van der Waals surface area (Å²) < 4.78 is 0. The van der Waals surface area contributed by atoms with Gasteiger partial charge in [-0.15, -0.1) is 0 Å². The smallest absolute Gasteiger partial charge is 0.105 e. The minimum atomic E-state index is 0. The fraction of sp³-hybridized carbons (Fsp3) is 0.235. The predicted molar refractivity (Wildman–Crippen MR) is 90.1 cm³/mol. The number of allylic oxidation sites excluding steroid dienone is 1. The van der Waals surface area contributed by atoms with Crippen molar-refractivity contribution in [3.05, 3.63) is 72.5 Å². The first kappa shape index (κ1) is 16.6. The Morgan fingerprint density at radius 2 is 1.57 bits per heavy atom. The van der Waals surface area contributed by atoms with E-state index >= 15 is 0 Å². The van der Waals surface area contributed by atoms with Gasteiger partial charge in [-0.05, 0) is 24.3 Å². The lowest BCUT2D eigenvalue weighted by molar-refractivity contribution is 1.02. The van der Waals surface area contributed by atoms with E-state index in [4.69, 9.17) is 5.73 Å². The molecule has 2 aromatic rings. The molecule has 0 aromatic carbocycles. The summed E-state index contributed by atoms with van der Waals surface area (Å²) in [5.41, 5.74) is 8.42. The molecule has 112 valence electrons. The van der Waals surface area contributed by atoms with Crippen LogP contribution < -0.4 is 5.73 Å². The highest BCUT2D eigenvalue weighted by Gasteiger charge is 2.00. The van der Waals surface area contributed by atoms with Crippen molar-refractivity contribution >= 4 is 5.84 Å². The van der Waals surface area contributed by atoms with Crippen LogP contribution in [0.25, 0.3) is 0 Å². The summed E-state index contributed by atoms with van der Waals surface area (Å²) in [5.74, 6) is 0.514. The number of nitrogens with two attached hydrogens (primary N) is 1. The van der Waals surface area contributed by atoms with Crippen LogP contribution in [-0.4, -0.2) is 15.8 Å². The topological polar surface area (TPSA) is 64.2 Å². The Kier molecular flexibility index (Phi) is 7.43. The van der Waals surface area contributed by atoms with Crippen LogP contribution >= 0.6 is 0 Å². The molecule has 4 nitrogen and oxygen atoms in total. The summed E-state index contributed by atoms with van der Waals surface area (Å²) in [6, 6.07) is 11.5. The zero-order chi connectivity index (χ0) is 15.5. The Morgan fingerprint density at radius 1 is 1.05 bits per heavy atom. The van der Waals surface area contributed by atoms with Crippen LogP contribution in [0.4, 0.5) is 0 Å². The molecule has 0 radical (unpaired) electrons. The van der Waals surface area contributed by atoms with E-state index in [0.717, 1.165) is 11.4 Å². The largest absolute Gasteiger partial charge is 0.387 e. The summed E-state index contributed by atoms with van der Waals surface area (Å²) in [6.07, 6.45) is 4.63. The third-order valence-corrected chi connectivity index (χ3v) is 2.50. The number of pyridine rings is 2. The average Bonchev–Trinajstić information content (AvgIpc) is 2.51. The van der Waals surface area contributed by atoms with E-state index in [1.165, 1.54) is 0 Å². The molecule has 2 rings (SSSR count). The zero-order valence-corrected chi connectivity index (χ0v) is 12.7. The molecule has 0 atom stereocenters. The Bertz CT molecular complexity index is 568. The molecule has 0 saturated carbocycles. The number of hydrogen-bond donors (Lipinski definition) is 1. The molecule has 0 aliphatic carbocycles. The van der Waals surface area contributed by atoms with E-state index in [0.29, 0.717) is 24.4 Å². The van der Waals surface area contributed by atoms with E-state index in [-0.39, 0.29) is 1.43 Å². The Labute approximate surface area is 128 Å². The van der Waals surface area contributed by atoms with Gasteiger partial charge in [0.05, 0.1) is 0 Å². The first-order chi connectivity index (χ1) is 10.2. The quantitative estimate of drug-likeness (QED) is 0.676. The van der Waals surface area contributed by atoms with E-state index in [1.54, 1.807) is 12.4 Å². The summed E-state index contributed by atoms with van der Waals surface area (Å²) in [4.78, 5) is 12.7. The molecule has 0 bridgehead atoms. The van der Waals surface area contributed by atoms with Gasteiger partial charge >= 0.3 is 0 Å². The van der Waals surface area contributed by atoms with Crippen LogP contribution in [0.2, 0.25) is 0 Å². The molecule has 2 heterocycles. The minimum absolute atomic E-state index is 0. The molecule has 2 N–H and O–H groups in total. The van der Waals surface area contributed by atoms with Gasteiger partial charge in [-0.2, -0.15) is 0 Å². The van der Waals surface area contributed by atoms with Gasteiger partial charge in [-0.3, -0.25) is 9.97 Å². The minimum Gasteiger partial charge on any atom is -0.387 e. The molecule has 0 spiro atoms. The highest BCUT2D eigenvalue weighted by atomic mass is 14.9. The van der Waals surface area contributed by atoms with Crippen molar-refractivity contribution in [2.24, 2.45) is 10.7 Å². The van der Waals surface area contributed by atoms with Crippen molar-refractivity contribution in [1.29, 1.82) is 0 Å². The lowest BCUT2D eigenvalue weighted by Crippen LogP contribution is -2.16. The van der Waals surface area contributed by atoms with Gasteiger partial charge in [0.2, 0.25) is 0 Å². The van der Waals surface area contributed by atoms with Crippen LogP contribution in [-0.2, 0) is 12.8 Å². The van der Waals surface area contributed by atoms with Gasteiger partial charge < -0.3 is 5.73 Å². The van der Waals surface area contributed by atoms with E-state index < -0.39 is 0 Å². The van der Waals surface area contributed by atoms with Crippen LogP contribution in [0.5, 0.6) is 0 Å². The van der Waals surface area contributed by atoms with Crippen LogP contribution in [0, 0.1) is 0 Å². The monoisotopic (exact) mass is 284 g/mol. The first-order valence-electron chi connectivity index (χ1n) is 7.04. The van der Waals surface area contributed by atoms with Gasteiger partial charge in [0.1, 0.15) is 5.84 Å². The van der Waals surface area contributed by atoms with Crippen molar-refractivity contribution in [2.75, 3.05) is 0 Å². The fourth-order valence-corrected chi connectivity index (χ4v) is 1.68. The highest BCUT2D eigenvalue weighted by molar-refractivity contribution is 5.83.